The quantitative estimate of drug-likeness (QED) is 0.269. The number of nitrogens with one attached hydrogen (secondary N) is 2. The van der Waals surface area contributed by atoms with Crippen molar-refractivity contribution in [3.8, 4) is 0 Å². The van der Waals surface area contributed by atoms with Crippen molar-refractivity contribution in [3.05, 3.63) is 21.9 Å². The molecule has 0 bridgehead atoms. The molecule has 0 aliphatic carbocycles. The van der Waals surface area contributed by atoms with Crippen LogP contribution in [0.2, 0.25) is 0 Å². The topological polar surface area (TPSA) is 50.1 Å². The van der Waals surface area contributed by atoms with E-state index >= 15 is 0 Å². The van der Waals surface area contributed by atoms with E-state index in [9.17, 15) is 0 Å². The molecular formula is C7H13N3S. The van der Waals surface area contributed by atoms with Gasteiger partial charge in [0.05, 0.1) is 6.67 Å². The Hall–Kier alpha value is -0.420. The molecule has 0 spiro atoms. The molecule has 11 heavy (non-hydrogen) atoms. The van der Waals surface area contributed by atoms with Gasteiger partial charge in [0, 0.05) is 11.4 Å². The second-order valence-corrected chi connectivity index (χ2v) is 3.34. The first kappa shape index (κ1) is 8.67. The van der Waals surface area contributed by atoms with Gasteiger partial charge in [0.1, 0.15) is 0 Å². The third kappa shape index (κ3) is 2.59. The van der Waals surface area contributed by atoms with Gasteiger partial charge in [-0.3, -0.25) is 11.2 Å². The Morgan fingerprint density at radius 3 is 3.00 bits per heavy atom. The maximum absolute atomic E-state index is 5.10. The van der Waals surface area contributed by atoms with Crippen LogP contribution in [-0.4, -0.2) is 6.67 Å². The van der Waals surface area contributed by atoms with E-state index < -0.39 is 0 Å². The highest BCUT2D eigenvalue weighted by molar-refractivity contribution is 7.10. The molecule has 1 rings (SSSR count). The van der Waals surface area contributed by atoms with Gasteiger partial charge in [0.25, 0.3) is 0 Å². The minimum atomic E-state index is 0.650. The largest absolute Gasteiger partial charge is 0.299 e. The number of hydrazine groups is 1. The summed E-state index contributed by atoms with van der Waals surface area (Å²) in [4.78, 5) is 1.38. The molecule has 0 saturated carbocycles. The summed E-state index contributed by atoms with van der Waals surface area (Å²) in [7, 11) is 0. The summed E-state index contributed by atoms with van der Waals surface area (Å²) >= 11 is 1.77. The lowest BCUT2D eigenvalue weighted by Gasteiger charge is -2.01. The maximum atomic E-state index is 5.10. The second kappa shape index (κ2) is 4.46. The van der Waals surface area contributed by atoms with E-state index in [2.05, 4.69) is 29.1 Å². The van der Waals surface area contributed by atoms with Gasteiger partial charge in [0.15, 0.2) is 0 Å². The summed E-state index contributed by atoms with van der Waals surface area (Å²) in [5.41, 5.74) is 3.89. The van der Waals surface area contributed by atoms with Crippen molar-refractivity contribution >= 4 is 11.3 Å². The van der Waals surface area contributed by atoms with Crippen LogP contribution in [0.25, 0.3) is 0 Å². The van der Waals surface area contributed by atoms with Crippen molar-refractivity contribution in [2.45, 2.75) is 13.5 Å². The van der Waals surface area contributed by atoms with Crippen LogP contribution < -0.4 is 16.6 Å². The Bertz CT molecular complexity index is 209. The number of nitrogens with two attached hydrogens (primary N) is 1. The number of hydrogen-bond acceptors (Lipinski definition) is 4. The molecule has 4 heteroatoms. The Balaban J connectivity index is 2.32. The van der Waals surface area contributed by atoms with Crippen LogP contribution in [0.3, 0.4) is 0 Å². The summed E-state index contributed by atoms with van der Waals surface area (Å²) in [5.74, 6) is 5.10. The van der Waals surface area contributed by atoms with Crippen LogP contribution in [0.5, 0.6) is 0 Å². The van der Waals surface area contributed by atoms with Crippen molar-refractivity contribution < 1.29 is 0 Å². The summed E-state index contributed by atoms with van der Waals surface area (Å²) in [6.07, 6.45) is 0. The first-order valence-electron chi connectivity index (χ1n) is 3.51. The van der Waals surface area contributed by atoms with Crippen LogP contribution in [0, 0.1) is 6.92 Å². The molecule has 1 heterocycles. The molecule has 0 radical (unpaired) electrons. The van der Waals surface area contributed by atoms with E-state index in [-0.39, 0.29) is 0 Å². The summed E-state index contributed by atoms with van der Waals surface area (Å²) < 4.78 is 0. The molecule has 0 aliphatic heterocycles. The molecule has 62 valence electrons. The SMILES string of the molecule is Cc1ccsc1CNCNN. The zero-order chi connectivity index (χ0) is 8.10. The highest BCUT2D eigenvalue weighted by Gasteiger charge is 1.96. The van der Waals surface area contributed by atoms with E-state index in [1.807, 2.05) is 0 Å². The molecule has 0 saturated heterocycles. The van der Waals surface area contributed by atoms with Gasteiger partial charge in [0.2, 0.25) is 0 Å². The number of rotatable bonds is 4. The van der Waals surface area contributed by atoms with Crippen LogP contribution in [0.1, 0.15) is 10.4 Å². The number of aryl methyl sites for hydroxylation is 1. The fraction of sp³-hybridized carbons (Fsp3) is 0.429. The Labute approximate surface area is 70.6 Å². The minimum Gasteiger partial charge on any atom is -0.299 e. The fourth-order valence-corrected chi connectivity index (χ4v) is 1.71. The van der Waals surface area contributed by atoms with Crippen molar-refractivity contribution in [2.24, 2.45) is 5.84 Å². The highest BCUT2D eigenvalue weighted by atomic mass is 32.1. The molecule has 1 aromatic heterocycles. The van der Waals surface area contributed by atoms with Crippen LogP contribution >= 0.6 is 11.3 Å². The van der Waals surface area contributed by atoms with Gasteiger partial charge in [-0.2, -0.15) is 0 Å². The Morgan fingerprint density at radius 1 is 1.64 bits per heavy atom. The van der Waals surface area contributed by atoms with E-state index in [1.54, 1.807) is 11.3 Å². The standard InChI is InChI=1S/C7H13N3S/c1-6-2-3-11-7(6)4-9-5-10-8/h2-3,9-10H,4-5,8H2,1H3. The summed E-state index contributed by atoms with van der Waals surface area (Å²) in [6, 6.07) is 2.12. The molecule has 0 fully saturated rings. The lowest BCUT2D eigenvalue weighted by atomic mass is 10.3. The van der Waals surface area contributed by atoms with Gasteiger partial charge in [-0.1, -0.05) is 0 Å². The first-order chi connectivity index (χ1) is 5.34. The van der Waals surface area contributed by atoms with E-state index in [0.717, 1.165) is 6.54 Å². The average molecular weight is 171 g/mol. The fourth-order valence-electron chi connectivity index (χ4n) is 0.833. The van der Waals surface area contributed by atoms with Gasteiger partial charge >= 0.3 is 0 Å². The molecule has 0 atom stereocenters. The average Bonchev–Trinajstić information content (AvgIpc) is 2.37. The van der Waals surface area contributed by atoms with Crippen LogP contribution in [0.4, 0.5) is 0 Å². The predicted octanol–water partition coefficient (Wildman–Crippen LogP) is 0.567. The third-order valence-corrected chi connectivity index (χ3v) is 2.50. The normalized spacial score (nSPS) is 10.4. The van der Waals surface area contributed by atoms with Gasteiger partial charge in [-0.25, -0.2) is 5.43 Å². The molecule has 0 amide bonds. The molecule has 0 aliphatic rings. The number of thiophene rings is 1. The number of hydrogen-bond donors (Lipinski definition) is 3. The van der Waals surface area contributed by atoms with Crippen molar-refractivity contribution in [2.75, 3.05) is 6.67 Å². The smallest absolute Gasteiger partial charge is 0.0590 e. The van der Waals surface area contributed by atoms with Gasteiger partial charge < -0.3 is 0 Å². The lowest BCUT2D eigenvalue weighted by molar-refractivity contribution is 0.604. The molecule has 4 N–H and O–H groups in total. The molecule has 3 nitrogen and oxygen atoms in total. The van der Waals surface area contributed by atoms with Crippen molar-refractivity contribution in [1.82, 2.24) is 10.7 Å². The van der Waals surface area contributed by atoms with Crippen molar-refractivity contribution in [3.63, 3.8) is 0 Å². The summed E-state index contributed by atoms with van der Waals surface area (Å²) in [5, 5.41) is 5.25. The lowest BCUT2D eigenvalue weighted by Crippen LogP contribution is -2.33. The highest BCUT2D eigenvalue weighted by Crippen LogP contribution is 2.14. The molecule has 1 aromatic rings. The zero-order valence-electron chi connectivity index (χ0n) is 6.55. The first-order valence-corrected chi connectivity index (χ1v) is 4.39. The monoisotopic (exact) mass is 171 g/mol. The Morgan fingerprint density at radius 2 is 2.45 bits per heavy atom. The predicted molar refractivity (Wildman–Crippen MR) is 48.1 cm³/mol. The van der Waals surface area contributed by atoms with Crippen molar-refractivity contribution in [1.29, 1.82) is 0 Å². The van der Waals surface area contributed by atoms with E-state index in [0.29, 0.717) is 6.67 Å². The maximum Gasteiger partial charge on any atom is 0.0590 e. The van der Waals surface area contributed by atoms with Gasteiger partial charge in [-0.15, -0.1) is 11.3 Å². The van der Waals surface area contributed by atoms with Crippen LogP contribution in [-0.2, 0) is 6.54 Å². The third-order valence-electron chi connectivity index (χ3n) is 1.48. The summed E-state index contributed by atoms with van der Waals surface area (Å²) in [6.45, 7) is 3.66. The Kier molecular flexibility index (Phi) is 3.51. The molecule has 0 unspecified atom stereocenters. The van der Waals surface area contributed by atoms with Gasteiger partial charge in [-0.05, 0) is 23.9 Å². The molecular weight excluding hydrogens is 158 g/mol. The molecule has 0 aromatic carbocycles. The zero-order valence-corrected chi connectivity index (χ0v) is 7.37. The van der Waals surface area contributed by atoms with E-state index in [1.165, 1.54) is 10.4 Å². The second-order valence-electron chi connectivity index (χ2n) is 2.33. The minimum absolute atomic E-state index is 0.650. The van der Waals surface area contributed by atoms with Crippen LogP contribution in [0.15, 0.2) is 11.4 Å². The van der Waals surface area contributed by atoms with E-state index in [4.69, 9.17) is 5.84 Å².